The Bertz CT molecular complexity index is 1560. The highest BCUT2D eigenvalue weighted by Gasteiger charge is 2.51. The summed E-state index contributed by atoms with van der Waals surface area (Å²) in [5, 5.41) is 86.3. The van der Waals surface area contributed by atoms with Gasteiger partial charge < -0.3 is 65.1 Å². The Kier molecular flexibility index (Phi) is 46.3. The number of hydrogen-bond donors (Lipinski definition) is 9. The fourth-order valence-electron chi connectivity index (χ4n) is 10.3. The van der Waals surface area contributed by atoms with Crippen LogP contribution >= 0.6 is 0 Å². The largest absolute Gasteiger partial charge is 0.394 e. The van der Waals surface area contributed by atoms with Crippen LogP contribution in [0.3, 0.4) is 0 Å². The van der Waals surface area contributed by atoms with Gasteiger partial charge in [0.2, 0.25) is 5.91 Å². The van der Waals surface area contributed by atoms with Crippen LogP contribution in [0, 0.1) is 0 Å². The lowest BCUT2D eigenvalue weighted by Crippen LogP contribution is -2.65. The van der Waals surface area contributed by atoms with Gasteiger partial charge in [-0.25, -0.2) is 0 Å². The fraction of sp³-hybridized carbons (Fsp3) is 0.831. The van der Waals surface area contributed by atoms with Crippen molar-refractivity contribution in [2.45, 2.75) is 325 Å². The molecule has 12 atom stereocenters. The molecule has 2 aliphatic rings. The van der Waals surface area contributed by atoms with Crippen molar-refractivity contribution < 1.29 is 64.6 Å². The van der Waals surface area contributed by atoms with Gasteiger partial charge in [-0.2, -0.15) is 0 Å². The van der Waals surface area contributed by atoms with Crippen LogP contribution in [0.1, 0.15) is 251 Å². The summed E-state index contributed by atoms with van der Waals surface area (Å²) in [5.41, 5.74) is 0. The van der Waals surface area contributed by atoms with Crippen LogP contribution in [0.5, 0.6) is 0 Å². The normalized spacial score (nSPS) is 24.8. The van der Waals surface area contributed by atoms with Crippen molar-refractivity contribution in [3.05, 3.63) is 60.8 Å². The minimum atomic E-state index is -1.79. The molecule has 14 nitrogen and oxygen atoms in total. The maximum Gasteiger partial charge on any atom is 0.220 e. The maximum atomic E-state index is 13.1. The van der Waals surface area contributed by atoms with Gasteiger partial charge in [-0.05, 0) is 51.4 Å². The van der Waals surface area contributed by atoms with Gasteiger partial charge in [-0.1, -0.05) is 254 Å². The van der Waals surface area contributed by atoms with Crippen LogP contribution in [0.15, 0.2) is 60.8 Å². The lowest BCUT2D eigenvalue weighted by Gasteiger charge is -2.46. The van der Waals surface area contributed by atoms with Gasteiger partial charge in [0, 0.05) is 6.42 Å². The van der Waals surface area contributed by atoms with Crippen molar-refractivity contribution in [3.8, 4) is 0 Å². The molecule has 0 aromatic carbocycles. The highest BCUT2D eigenvalue weighted by molar-refractivity contribution is 5.76. The van der Waals surface area contributed by atoms with Crippen molar-refractivity contribution in [2.24, 2.45) is 0 Å². The summed E-state index contributed by atoms with van der Waals surface area (Å²) in [7, 11) is 0. The fourth-order valence-corrected chi connectivity index (χ4v) is 10.3. The first-order valence-electron chi connectivity index (χ1n) is 32.0. The van der Waals surface area contributed by atoms with E-state index < -0.39 is 86.8 Å². The zero-order chi connectivity index (χ0) is 57.4. The predicted octanol–water partition coefficient (Wildman–Crippen LogP) is 11.7. The van der Waals surface area contributed by atoms with Gasteiger partial charge in [0.1, 0.15) is 48.8 Å². The highest BCUT2D eigenvalue weighted by Crippen LogP contribution is 2.30. The molecule has 14 heteroatoms. The molecule has 0 bridgehead atoms. The molecule has 0 aromatic heterocycles. The molecule has 0 aliphatic carbocycles. The van der Waals surface area contributed by atoms with E-state index in [4.69, 9.17) is 18.9 Å². The van der Waals surface area contributed by atoms with Gasteiger partial charge in [0.15, 0.2) is 12.6 Å². The molecule has 2 heterocycles. The van der Waals surface area contributed by atoms with E-state index >= 15 is 0 Å². The lowest BCUT2D eigenvalue weighted by atomic mass is 9.97. The Balaban J connectivity index is 1.43. The van der Waals surface area contributed by atoms with E-state index in [1.165, 1.54) is 161 Å². The Morgan fingerprint density at radius 1 is 0.468 bits per heavy atom. The Morgan fingerprint density at radius 2 is 0.873 bits per heavy atom. The quantitative estimate of drug-likeness (QED) is 0.0204. The van der Waals surface area contributed by atoms with E-state index in [0.29, 0.717) is 6.42 Å². The molecule has 0 radical (unpaired) electrons. The third-order valence-electron chi connectivity index (χ3n) is 15.5. The van der Waals surface area contributed by atoms with E-state index in [1.807, 2.05) is 6.08 Å². The number of carbonyl (C=O) groups is 1. The van der Waals surface area contributed by atoms with E-state index in [1.54, 1.807) is 6.08 Å². The van der Waals surface area contributed by atoms with Gasteiger partial charge in [-0.15, -0.1) is 0 Å². The molecule has 2 saturated heterocycles. The summed E-state index contributed by atoms with van der Waals surface area (Å²) in [4.78, 5) is 13.1. The number of aliphatic hydroxyl groups is 8. The molecular formula is C65H117NO13. The number of unbranched alkanes of at least 4 members (excludes halogenated alkanes) is 30. The molecule has 9 N–H and O–H groups in total. The number of nitrogens with one attached hydrogen (secondary N) is 1. The smallest absolute Gasteiger partial charge is 0.220 e. The Labute approximate surface area is 479 Å². The molecule has 2 rings (SSSR count). The first-order valence-corrected chi connectivity index (χ1v) is 32.0. The SMILES string of the molecule is CC/C=C\C/C=C\C/C=C\C/C=C\CCCCCCCCCCCCCCCCCCCCCCCCCCCCCCC(=O)NC(COC1OC(CO)C(OC2OC(CO)C(O)C(O)C2O)C(O)C1O)C(O)/C=C/CCCC. The predicted molar refractivity (Wildman–Crippen MR) is 318 cm³/mol. The van der Waals surface area contributed by atoms with Gasteiger partial charge >= 0.3 is 0 Å². The molecule has 0 aromatic rings. The van der Waals surface area contributed by atoms with Crippen molar-refractivity contribution >= 4 is 5.91 Å². The van der Waals surface area contributed by atoms with Crippen LogP contribution in [0.2, 0.25) is 0 Å². The van der Waals surface area contributed by atoms with Crippen molar-refractivity contribution in [3.63, 3.8) is 0 Å². The second kappa shape index (κ2) is 50.2. The standard InChI is InChI=1S/C65H117NO13/c1-3-5-7-9-10-11-12-13-14-15-16-17-18-19-20-21-22-23-24-25-26-27-28-29-30-31-32-33-34-35-36-37-38-39-40-41-42-43-44-45-47-49-57(70)66-53(54(69)48-46-8-6-4-2)52-76-64-62(75)60(73)63(56(51-68)78-64)79-65-61(74)59(72)58(71)55(50-67)77-65/h5,7,10-11,13-14,16-17,46,48,53-56,58-65,67-69,71-75H,3-4,6,8-9,12,15,18-45,47,49-52H2,1-2H3,(H,66,70)/b7-5-,11-10-,14-13-,17-16-,48-46+. The summed E-state index contributed by atoms with van der Waals surface area (Å²) in [6, 6.07) is -0.909. The van der Waals surface area contributed by atoms with E-state index in [2.05, 4.69) is 67.8 Å². The first kappa shape index (κ1) is 72.8. The van der Waals surface area contributed by atoms with Crippen molar-refractivity contribution in [2.75, 3.05) is 19.8 Å². The van der Waals surface area contributed by atoms with Crippen molar-refractivity contribution in [1.29, 1.82) is 0 Å². The highest BCUT2D eigenvalue weighted by atomic mass is 16.7. The Morgan fingerprint density at radius 3 is 1.33 bits per heavy atom. The third-order valence-corrected chi connectivity index (χ3v) is 15.5. The second-order valence-corrected chi connectivity index (χ2v) is 22.5. The van der Waals surface area contributed by atoms with Crippen molar-refractivity contribution in [1.82, 2.24) is 5.32 Å². The van der Waals surface area contributed by atoms with E-state index in [0.717, 1.165) is 64.2 Å². The van der Waals surface area contributed by atoms with E-state index in [-0.39, 0.29) is 18.9 Å². The number of ether oxygens (including phenoxy) is 4. The van der Waals surface area contributed by atoms with Gasteiger partial charge in [0.25, 0.3) is 0 Å². The van der Waals surface area contributed by atoms with Gasteiger partial charge in [-0.3, -0.25) is 4.79 Å². The monoisotopic (exact) mass is 1120 g/mol. The summed E-state index contributed by atoms with van der Waals surface area (Å²) >= 11 is 0. The van der Waals surface area contributed by atoms with Crippen LogP contribution in [-0.4, -0.2) is 140 Å². The molecule has 12 unspecified atom stereocenters. The minimum absolute atomic E-state index is 0.246. The molecule has 460 valence electrons. The number of allylic oxidation sites excluding steroid dienone is 9. The number of amides is 1. The molecule has 1 amide bonds. The summed E-state index contributed by atoms with van der Waals surface area (Å²) in [5.74, 6) is -0.246. The average molecular weight is 1120 g/mol. The third kappa shape index (κ3) is 35.4. The van der Waals surface area contributed by atoms with Gasteiger partial charge in [0.05, 0.1) is 32.0 Å². The lowest BCUT2D eigenvalue weighted by molar-refractivity contribution is -0.359. The molecule has 0 spiro atoms. The first-order chi connectivity index (χ1) is 38.6. The Hall–Kier alpha value is -2.31. The molecule has 2 fully saturated rings. The zero-order valence-electron chi connectivity index (χ0n) is 49.6. The van der Waals surface area contributed by atoms with Crippen LogP contribution < -0.4 is 5.32 Å². The second-order valence-electron chi connectivity index (χ2n) is 22.5. The number of carbonyl (C=O) groups excluding carboxylic acids is 1. The molecule has 79 heavy (non-hydrogen) atoms. The minimum Gasteiger partial charge on any atom is -0.394 e. The topological polar surface area (TPSA) is 228 Å². The number of hydrogen-bond acceptors (Lipinski definition) is 13. The average Bonchev–Trinajstić information content (AvgIpc) is 3.45. The zero-order valence-corrected chi connectivity index (χ0v) is 49.6. The number of aliphatic hydroxyl groups excluding tert-OH is 8. The maximum absolute atomic E-state index is 13.1. The van der Waals surface area contributed by atoms with Crippen LogP contribution in [-0.2, 0) is 23.7 Å². The molecule has 0 saturated carbocycles. The van der Waals surface area contributed by atoms with Crippen LogP contribution in [0.4, 0.5) is 0 Å². The molecule has 2 aliphatic heterocycles. The molecular weight excluding hydrogens is 1000 g/mol. The number of rotatable bonds is 51. The van der Waals surface area contributed by atoms with E-state index in [9.17, 15) is 45.6 Å². The summed E-state index contributed by atoms with van der Waals surface area (Å²) < 4.78 is 22.6. The van der Waals surface area contributed by atoms with Crippen LogP contribution in [0.25, 0.3) is 0 Å². The summed E-state index contributed by atoms with van der Waals surface area (Å²) in [6.07, 6.45) is 49.9. The summed E-state index contributed by atoms with van der Waals surface area (Å²) in [6.45, 7) is 2.52.